The van der Waals surface area contributed by atoms with Gasteiger partial charge >= 0.3 is 0 Å². The van der Waals surface area contributed by atoms with Gasteiger partial charge in [-0.05, 0) is 23.6 Å². The van der Waals surface area contributed by atoms with E-state index in [0.717, 1.165) is 11.1 Å². The maximum atomic E-state index is 12.5. The van der Waals surface area contributed by atoms with Crippen molar-refractivity contribution in [1.82, 2.24) is 5.32 Å². The van der Waals surface area contributed by atoms with Gasteiger partial charge in [-0.25, -0.2) is 0 Å². The number of amides is 1. The Morgan fingerprint density at radius 1 is 0.926 bits per heavy atom. The zero-order valence-corrected chi connectivity index (χ0v) is 16.5. The quantitative estimate of drug-likeness (QED) is 0.707. The molecule has 0 spiro atoms. The summed E-state index contributed by atoms with van der Waals surface area (Å²) in [5.74, 6) is 1.83. The SMILES string of the molecule is COc1cc(OC)c(OC)cc1/C=C/C(=O)NC(c1ccccc1)C(C)C. The van der Waals surface area contributed by atoms with E-state index in [-0.39, 0.29) is 17.9 Å². The third-order valence-corrected chi connectivity index (χ3v) is 4.27. The molecular weight excluding hydrogens is 342 g/mol. The molecule has 1 atom stereocenters. The summed E-state index contributed by atoms with van der Waals surface area (Å²) < 4.78 is 16.0. The lowest BCUT2D eigenvalue weighted by Crippen LogP contribution is -2.30. The molecule has 0 heterocycles. The smallest absolute Gasteiger partial charge is 0.244 e. The van der Waals surface area contributed by atoms with Gasteiger partial charge in [0.15, 0.2) is 11.5 Å². The molecular formula is C22H27NO4. The van der Waals surface area contributed by atoms with Crippen molar-refractivity contribution in [2.24, 2.45) is 5.92 Å². The molecule has 1 N–H and O–H groups in total. The van der Waals surface area contributed by atoms with Gasteiger partial charge in [0.25, 0.3) is 0 Å². The highest BCUT2D eigenvalue weighted by Crippen LogP contribution is 2.35. The molecule has 0 bridgehead atoms. The number of rotatable bonds is 8. The maximum absolute atomic E-state index is 12.5. The first-order valence-corrected chi connectivity index (χ1v) is 8.83. The molecule has 0 radical (unpaired) electrons. The second kappa shape index (κ2) is 9.67. The first-order valence-electron chi connectivity index (χ1n) is 8.83. The molecule has 2 aromatic carbocycles. The molecule has 1 amide bonds. The second-order valence-electron chi connectivity index (χ2n) is 6.42. The molecule has 5 nitrogen and oxygen atoms in total. The van der Waals surface area contributed by atoms with Crippen LogP contribution in [-0.4, -0.2) is 27.2 Å². The minimum Gasteiger partial charge on any atom is -0.496 e. The fraction of sp³-hybridized carbons (Fsp3) is 0.318. The summed E-state index contributed by atoms with van der Waals surface area (Å²) in [6.07, 6.45) is 3.21. The molecule has 27 heavy (non-hydrogen) atoms. The van der Waals surface area contributed by atoms with Gasteiger partial charge in [-0.15, -0.1) is 0 Å². The second-order valence-corrected chi connectivity index (χ2v) is 6.42. The average Bonchev–Trinajstić information content (AvgIpc) is 2.70. The Balaban J connectivity index is 2.20. The van der Waals surface area contributed by atoms with Crippen molar-refractivity contribution in [3.63, 3.8) is 0 Å². The summed E-state index contributed by atoms with van der Waals surface area (Å²) in [6, 6.07) is 13.4. The highest BCUT2D eigenvalue weighted by molar-refractivity contribution is 5.92. The van der Waals surface area contributed by atoms with Crippen LogP contribution >= 0.6 is 0 Å². The van der Waals surface area contributed by atoms with Crippen LogP contribution in [0.5, 0.6) is 17.2 Å². The van der Waals surface area contributed by atoms with E-state index in [9.17, 15) is 4.79 Å². The Morgan fingerprint density at radius 2 is 1.52 bits per heavy atom. The number of nitrogens with one attached hydrogen (secondary N) is 1. The minimum absolute atomic E-state index is 0.0596. The number of carbonyl (C=O) groups is 1. The van der Waals surface area contributed by atoms with E-state index < -0.39 is 0 Å². The van der Waals surface area contributed by atoms with Crippen LogP contribution in [0.2, 0.25) is 0 Å². The molecule has 5 heteroatoms. The predicted molar refractivity (Wildman–Crippen MR) is 107 cm³/mol. The Hall–Kier alpha value is -2.95. The number of benzene rings is 2. The molecule has 0 aliphatic heterocycles. The summed E-state index contributed by atoms with van der Waals surface area (Å²) >= 11 is 0. The van der Waals surface area contributed by atoms with Crippen LogP contribution in [0.25, 0.3) is 6.08 Å². The lowest BCUT2D eigenvalue weighted by molar-refractivity contribution is -0.117. The van der Waals surface area contributed by atoms with E-state index in [2.05, 4.69) is 19.2 Å². The molecule has 0 aliphatic rings. The van der Waals surface area contributed by atoms with Crippen LogP contribution in [-0.2, 0) is 4.79 Å². The Labute approximate surface area is 161 Å². The standard InChI is InChI=1S/C22H27NO4/c1-15(2)22(16-9-7-6-8-10-16)23-21(24)12-11-17-13-19(26-4)20(27-5)14-18(17)25-3/h6-15,22H,1-5H3,(H,23,24)/b12-11+. The summed E-state index contributed by atoms with van der Waals surface area (Å²) in [4.78, 5) is 12.5. The number of ether oxygens (including phenoxy) is 3. The van der Waals surface area contributed by atoms with E-state index in [1.807, 2.05) is 30.3 Å². The summed E-state index contributed by atoms with van der Waals surface area (Å²) in [5, 5.41) is 3.07. The molecule has 0 saturated carbocycles. The molecule has 2 rings (SSSR count). The van der Waals surface area contributed by atoms with Gasteiger partial charge in [-0.3, -0.25) is 4.79 Å². The van der Waals surface area contributed by atoms with Gasteiger partial charge in [-0.1, -0.05) is 44.2 Å². The van der Waals surface area contributed by atoms with Crippen molar-refractivity contribution in [2.45, 2.75) is 19.9 Å². The Kier molecular flexibility index (Phi) is 7.29. The highest BCUT2D eigenvalue weighted by Gasteiger charge is 2.17. The highest BCUT2D eigenvalue weighted by atomic mass is 16.5. The Bertz CT molecular complexity index is 784. The number of hydrogen-bond acceptors (Lipinski definition) is 4. The molecule has 0 fully saturated rings. The topological polar surface area (TPSA) is 56.8 Å². The van der Waals surface area contributed by atoms with Crippen molar-refractivity contribution in [3.05, 3.63) is 59.7 Å². The van der Waals surface area contributed by atoms with Gasteiger partial charge < -0.3 is 19.5 Å². The van der Waals surface area contributed by atoms with Crippen molar-refractivity contribution < 1.29 is 19.0 Å². The van der Waals surface area contributed by atoms with Crippen LogP contribution in [0.3, 0.4) is 0 Å². The molecule has 0 saturated heterocycles. The van der Waals surface area contributed by atoms with Crippen LogP contribution in [0.1, 0.15) is 31.0 Å². The van der Waals surface area contributed by atoms with Gasteiger partial charge in [0, 0.05) is 17.7 Å². The van der Waals surface area contributed by atoms with E-state index in [0.29, 0.717) is 17.2 Å². The number of hydrogen-bond donors (Lipinski definition) is 1. The summed E-state index contributed by atoms with van der Waals surface area (Å²) in [7, 11) is 4.70. The van der Waals surface area contributed by atoms with Gasteiger partial charge in [0.05, 0.1) is 27.4 Å². The van der Waals surface area contributed by atoms with Crippen LogP contribution < -0.4 is 19.5 Å². The third-order valence-electron chi connectivity index (χ3n) is 4.27. The molecule has 144 valence electrons. The fourth-order valence-electron chi connectivity index (χ4n) is 2.85. The van der Waals surface area contributed by atoms with E-state index in [1.54, 1.807) is 39.5 Å². The molecule has 0 aromatic heterocycles. The molecule has 2 aromatic rings. The predicted octanol–water partition coefficient (Wildman–Crippen LogP) is 4.24. The normalized spacial score (nSPS) is 12.1. The zero-order chi connectivity index (χ0) is 19.8. The van der Waals surface area contributed by atoms with Crippen molar-refractivity contribution in [3.8, 4) is 17.2 Å². The lowest BCUT2D eigenvalue weighted by Gasteiger charge is -2.22. The van der Waals surface area contributed by atoms with E-state index in [4.69, 9.17) is 14.2 Å². The largest absolute Gasteiger partial charge is 0.496 e. The van der Waals surface area contributed by atoms with Gasteiger partial charge in [0.1, 0.15) is 5.75 Å². The van der Waals surface area contributed by atoms with E-state index in [1.165, 1.54) is 6.08 Å². The molecule has 1 unspecified atom stereocenters. The van der Waals surface area contributed by atoms with Crippen molar-refractivity contribution in [2.75, 3.05) is 21.3 Å². The van der Waals surface area contributed by atoms with Crippen LogP contribution in [0.4, 0.5) is 0 Å². The van der Waals surface area contributed by atoms with E-state index >= 15 is 0 Å². The van der Waals surface area contributed by atoms with Crippen molar-refractivity contribution in [1.29, 1.82) is 0 Å². The van der Waals surface area contributed by atoms with Gasteiger partial charge in [-0.2, -0.15) is 0 Å². The van der Waals surface area contributed by atoms with Gasteiger partial charge in [0.2, 0.25) is 5.91 Å². The first-order chi connectivity index (χ1) is 13.0. The molecule has 0 aliphatic carbocycles. The monoisotopic (exact) mass is 369 g/mol. The summed E-state index contributed by atoms with van der Waals surface area (Å²) in [5.41, 5.74) is 1.81. The maximum Gasteiger partial charge on any atom is 0.244 e. The van der Waals surface area contributed by atoms with Crippen molar-refractivity contribution >= 4 is 12.0 Å². The average molecular weight is 369 g/mol. The first kappa shape index (κ1) is 20.4. The van der Waals surface area contributed by atoms with Crippen LogP contribution in [0.15, 0.2) is 48.5 Å². The fourth-order valence-corrected chi connectivity index (χ4v) is 2.85. The third kappa shape index (κ3) is 5.26. The number of methoxy groups -OCH3 is 3. The lowest BCUT2D eigenvalue weighted by atomic mass is 9.96. The van der Waals surface area contributed by atoms with Crippen LogP contribution in [0, 0.1) is 5.92 Å². The summed E-state index contributed by atoms with van der Waals surface area (Å²) in [6.45, 7) is 4.16. The minimum atomic E-state index is -0.172. The Morgan fingerprint density at radius 3 is 2.07 bits per heavy atom. The zero-order valence-electron chi connectivity index (χ0n) is 16.5. The number of carbonyl (C=O) groups excluding carboxylic acids is 1.